The lowest BCUT2D eigenvalue weighted by atomic mass is 10.1. The molecule has 1 atom stereocenters. The summed E-state index contributed by atoms with van der Waals surface area (Å²) in [5.74, 6) is -0.164. The number of anilines is 1. The van der Waals surface area contributed by atoms with Crippen molar-refractivity contribution in [3.05, 3.63) is 16.1 Å². The third kappa shape index (κ3) is 2.58. The average Bonchev–Trinajstić information content (AvgIpc) is 3.09. The van der Waals surface area contributed by atoms with E-state index in [1.807, 2.05) is 13.8 Å². The summed E-state index contributed by atoms with van der Waals surface area (Å²) < 4.78 is 5.50. The molecule has 1 aliphatic heterocycles. The maximum atomic E-state index is 12.3. The SMILES string of the molecule is Cc1nnc2sc(C(=O)NCC3CCCO3)c(N)c2c1C. The van der Waals surface area contributed by atoms with Crippen molar-refractivity contribution in [1.82, 2.24) is 15.5 Å². The summed E-state index contributed by atoms with van der Waals surface area (Å²) in [5, 5.41) is 11.9. The van der Waals surface area contributed by atoms with Crippen LogP contribution >= 0.6 is 11.3 Å². The number of nitrogens with zero attached hydrogens (tertiary/aromatic N) is 2. The Morgan fingerprint density at radius 1 is 1.48 bits per heavy atom. The highest BCUT2D eigenvalue weighted by Crippen LogP contribution is 2.34. The number of thiophene rings is 1. The lowest BCUT2D eigenvalue weighted by Gasteiger charge is -2.10. The summed E-state index contributed by atoms with van der Waals surface area (Å²) in [7, 11) is 0. The molecule has 0 spiro atoms. The van der Waals surface area contributed by atoms with E-state index in [2.05, 4.69) is 15.5 Å². The molecule has 1 amide bonds. The maximum absolute atomic E-state index is 12.3. The van der Waals surface area contributed by atoms with Crippen LogP contribution < -0.4 is 11.1 Å². The summed E-state index contributed by atoms with van der Waals surface area (Å²) >= 11 is 1.29. The summed E-state index contributed by atoms with van der Waals surface area (Å²) in [4.78, 5) is 13.5. The summed E-state index contributed by atoms with van der Waals surface area (Å²) in [6.45, 7) is 5.13. The highest BCUT2D eigenvalue weighted by Gasteiger charge is 2.21. The normalized spacial score (nSPS) is 18.3. The number of carbonyl (C=O) groups excluding carboxylic acids is 1. The molecule has 1 unspecified atom stereocenters. The number of hydrogen-bond donors (Lipinski definition) is 2. The fourth-order valence-electron chi connectivity index (χ4n) is 2.50. The number of ether oxygens (including phenoxy) is 1. The van der Waals surface area contributed by atoms with Gasteiger partial charge >= 0.3 is 0 Å². The predicted molar refractivity (Wildman–Crippen MR) is 82.6 cm³/mol. The molecule has 0 aromatic carbocycles. The largest absolute Gasteiger partial charge is 0.397 e. The second-order valence-corrected chi connectivity index (χ2v) is 6.28. The zero-order chi connectivity index (χ0) is 15.0. The number of carbonyl (C=O) groups is 1. The van der Waals surface area contributed by atoms with Crippen LogP contribution in [0.3, 0.4) is 0 Å². The van der Waals surface area contributed by atoms with Crippen molar-refractivity contribution in [2.24, 2.45) is 0 Å². The second kappa shape index (κ2) is 5.57. The zero-order valence-corrected chi connectivity index (χ0v) is 12.9. The number of amides is 1. The minimum atomic E-state index is -0.164. The third-order valence-corrected chi connectivity index (χ3v) is 4.94. The maximum Gasteiger partial charge on any atom is 0.263 e. The molecule has 6 nitrogen and oxygen atoms in total. The Balaban J connectivity index is 1.84. The Bertz CT molecular complexity index is 692. The molecular weight excluding hydrogens is 288 g/mol. The van der Waals surface area contributed by atoms with E-state index >= 15 is 0 Å². The van der Waals surface area contributed by atoms with Gasteiger partial charge in [-0.3, -0.25) is 4.79 Å². The second-order valence-electron chi connectivity index (χ2n) is 5.28. The van der Waals surface area contributed by atoms with Gasteiger partial charge in [0.2, 0.25) is 0 Å². The number of nitrogens with one attached hydrogen (secondary N) is 1. The van der Waals surface area contributed by atoms with Crippen LogP contribution in [0.25, 0.3) is 10.2 Å². The van der Waals surface area contributed by atoms with Crippen molar-refractivity contribution in [2.45, 2.75) is 32.8 Å². The van der Waals surface area contributed by atoms with Gasteiger partial charge in [-0.05, 0) is 32.3 Å². The summed E-state index contributed by atoms with van der Waals surface area (Å²) in [5.41, 5.74) is 8.45. The van der Waals surface area contributed by atoms with Crippen molar-refractivity contribution in [1.29, 1.82) is 0 Å². The smallest absolute Gasteiger partial charge is 0.263 e. The van der Waals surface area contributed by atoms with Crippen LogP contribution in [-0.4, -0.2) is 35.4 Å². The first-order chi connectivity index (χ1) is 10.1. The summed E-state index contributed by atoms with van der Waals surface area (Å²) in [6.07, 6.45) is 2.17. The Morgan fingerprint density at radius 2 is 2.29 bits per heavy atom. The van der Waals surface area contributed by atoms with E-state index in [1.54, 1.807) is 0 Å². The minimum absolute atomic E-state index is 0.119. The van der Waals surface area contributed by atoms with E-state index in [0.717, 1.165) is 36.1 Å². The molecule has 1 saturated heterocycles. The highest BCUT2D eigenvalue weighted by atomic mass is 32.1. The van der Waals surface area contributed by atoms with Gasteiger partial charge in [0, 0.05) is 18.5 Å². The Kier molecular flexibility index (Phi) is 3.77. The van der Waals surface area contributed by atoms with E-state index in [9.17, 15) is 4.79 Å². The monoisotopic (exact) mass is 306 g/mol. The Labute approximate surface area is 126 Å². The zero-order valence-electron chi connectivity index (χ0n) is 12.1. The molecule has 3 rings (SSSR count). The molecule has 3 N–H and O–H groups in total. The molecule has 112 valence electrons. The van der Waals surface area contributed by atoms with Gasteiger partial charge in [-0.1, -0.05) is 0 Å². The van der Waals surface area contributed by atoms with Crippen LogP contribution in [0.2, 0.25) is 0 Å². The molecule has 7 heteroatoms. The number of hydrogen-bond acceptors (Lipinski definition) is 6. The number of nitrogen functional groups attached to an aromatic ring is 1. The van der Waals surface area contributed by atoms with Gasteiger partial charge in [0.15, 0.2) is 0 Å². The number of aryl methyl sites for hydroxylation is 2. The molecule has 0 aliphatic carbocycles. The van der Waals surface area contributed by atoms with Crippen LogP contribution in [0.15, 0.2) is 0 Å². The van der Waals surface area contributed by atoms with Gasteiger partial charge in [-0.15, -0.1) is 16.4 Å². The van der Waals surface area contributed by atoms with E-state index in [4.69, 9.17) is 10.5 Å². The van der Waals surface area contributed by atoms with Crippen molar-refractivity contribution in [2.75, 3.05) is 18.9 Å². The first-order valence-electron chi connectivity index (χ1n) is 6.99. The average molecular weight is 306 g/mol. The lowest BCUT2D eigenvalue weighted by molar-refractivity contribution is 0.0862. The fraction of sp³-hybridized carbons (Fsp3) is 0.500. The molecule has 2 aromatic rings. The molecule has 0 radical (unpaired) electrons. The van der Waals surface area contributed by atoms with Gasteiger partial charge < -0.3 is 15.8 Å². The standard InChI is InChI=1S/C14H18N4O2S/c1-7-8(2)17-18-14-10(7)11(15)12(21-14)13(19)16-6-9-4-3-5-20-9/h9H,3-6,15H2,1-2H3,(H,16,19). The van der Waals surface area contributed by atoms with Crippen molar-refractivity contribution in [3.63, 3.8) is 0 Å². The highest BCUT2D eigenvalue weighted by molar-refractivity contribution is 7.21. The van der Waals surface area contributed by atoms with Crippen LogP contribution in [0.5, 0.6) is 0 Å². The van der Waals surface area contributed by atoms with Crippen LogP contribution in [0, 0.1) is 13.8 Å². The first kappa shape index (κ1) is 14.2. The summed E-state index contributed by atoms with van der Waals surface area (Å²) in [6, 6.07) is 0. The molecule has 1 fully saturated rings. The molecule has 1 aliphatic rings. The molecule has 2 aromatic heterocycles. The van der Waals surface area contributed by atoms with Crippen LogP contribution in [-0.2, 0) is 4.74 Å². The van der Waals surface area contributed by atoms with Crippen molar-refractivity contribution >= 4 is 33.1 Å². The van der Waals surface area contributed by atoms with Crippen molar-refractivity contribution in [3.8, 4) is 0 Å². The predicted octanol–water partition coefficient (Wildman–Crippen LogP) is 1.80. The Morgan fingerprint density at radius 3 is 3.00 bits per heavy atom. The Hall–Kier alpha value is -1.73. The van der Waals surface area contributed by atoms with Gasteiger partial charge in [-0.25, -0.2) is 0 Å². The fourth-order valence-corrected chi connectivity index (χ4v) is 3.52. The third-order valence-electron chi connectivity index (χ3n) is 3.86. The molecule has 0 bridgehead atoms. The van der Waals surface area contributed by atoms with Crippen LogP contribution in [0.4, 0.5) is 5.69 Å². The number of aromatic nitrogens is 2. The van der Waals surface area contributed by atoms with Gasteiger partial charge in [0.05, 0.1) is 17.5 Å². The lowest BCUT2D eigenvalue weighted by Crippen LogP contribution is -2.31. The molecule has 0 saturated carbocycles. The molecule has 3 heterocycles. The van der Waals surface area contributed by atoms with E-state index < -0.39 is 0 Å². The van der Waals surface area contributed by atoms with E-state index in [0.29, 0.717) is 21.9 Å². The number of rotatable bonds is 3. The van der Waals surface area contributed by atoms with Crippen molar-refractivity contribution < 1.29 is 9.53 Å². The van der Waals surface area contributed by atoms with Gasteiger partial charge in [0.1, 0.15) is 9.71 Å². The van der Waals surface area contributed by atoms with E-state index in [1.165, 1.54) is 11.3 Å². The van der Waals surface area contributed by atoms with E-state index in [-0.39, 0.29) is 12.0 Å². The van der Waals surface area contributed by atoms with Crippen LogP contribution in [0.1, 0.15) is 33.8 Å². The minimum Gasteiger partial charge on any atom is -0.397 e. The first-order valence-corrected chi connectivity index (χ1v) is 7.81. The van der Waals surface area contributed by atoms with Gasteiger partial charge in [0.25, 0.3) is 5.91 Å². The topological polar surface area (TPSA) is 90.1 Å². The quantitative estimate of drug-likeness (QED) is 0.902. The molecular formula is C14H18N4O2S. The van der Waals surface area contributed by atoms with Gasteiger partial charge in [-0.2, -0.15) is 5.10 Å². The number of fused-ring (bicyclic) bond motifs is 1. The number of nitrogens with two attached hydrogens (primary N) is 1. The molecule has 21 heavy (non-hydrogen) atoms.